The van der Waals surface area contributed by atoms with Crippen LogP contribution < -0.4 is 0 Å². The SMILES string of the molecule is Cc1cc(/C=C\C(=O)N2C[C@@H](C)O[C@@H](C)C2)c(C)n1C1CCCCC1. The topological polar surface area (TPSA) is 34.5 Å². The average molecular weight is 344 g/mol. The predicted octanol–water partition coefficient (Wildman–Crippen LogP) is 4.26. The van der Waals surface area contributed by atoms with E-state index in [0.29, 0.717) is 19.1 Å². The second-order valence-corrected chi connectivity index (χ2v) is 7.82. The summed E-state index contributed by atoms with van der Waals surface area (Å²) in [5.74, 6) is 0.0875. The maximum atomic E-state index is 12.5. The molecule has 1 aliphatic heterocycles. The zero-order valence-corrected chi connectivity index (χ0v) is 16.1. The van der Waals surface area contributed by atoms with Crippen LogP contribution in [0.15, 0.2) is 12.1 Å². The summed E-state index contributed by atoms with van der Waals surface area (Å²) < 4.78 is 8.20. The minimum Gasteiger partial charge on any atom is -0.372 e. The Morgan fingerprint density at radius 3 is 2.40 bits per heavy atom. The molecule has 1 amide bonds. The lowest BCUT2D eigenvalue weighted by molar-refractivity contribution is -0.137. The molecule has 0 unspecified atom stereocenters. The number of carbonyl (C=O) groups is 1. The Labute approximate surface area is 151 Å². The zero-order valence-electron chi connectivity index (χ0n) is 16.1. The monoisotopic (exact) mass is 344 g/mol. The highest BCUT2D eigenvalue weighted by molar-refractivity contribution is 5.92. The summed E-state index contributed by atoms with van der Waals surface area (Å²) in [5, 5.41) is 0. The highest BCUT2D eigenvalue weighted by atomic mass is 16.5. The van der Waals surface area contributed by atoms with Crippen molar-refractivity contribution in [3.05, 3.63) is 29.1 Å². The highest BCUT2D eigenvalue weighted by Crippen LogP contribution is 2.32. The molecule has 1 aromatic heterocycles. The number of aryl methyl sites for hydroxylation is 1. The van der Waals surface area contributed by atoms with Crippen molar-refractivity contribution in [1.29, 1.82) is 0 Å². The van der Waals surface area contributed by atoms with E-state index in [4.69, 9.17) is 4.74 Å². The van der Waals surface area contributed by atoms with Gasteiger partial charge >= 0.3 is 0 Å². The molecule has 1 saturated heterocycles. The van der Waals surface area contributed by atoms with Crippen molar-refractivity contribution >= 4 is 12.0 Å². The van der Waals surface area contributed by atoms with Crippen LogP contribution in [0, 0.1) is 13.8 Å². The first-order valence-corrected chi connectivity index (χ1v) is 9.76. The summed E-state index contributed by atoms with van der Waals surface area (Å²) in [6.07, 6.45) is 10.5. The van der Waals surface area contributed by atoms with Crippen LogP contribution >= 0.6 is 0 Å². The van der Waals surface area contributed by atoms with E-state index >= 15 is 0 Å². The predicted molar refractivity (Wildman–Crippen MR) is 102 cm³/mol. The summed E-state index contributed by atoms with van der Waals surface area (Å²) in [4.78, 5) is 14.4. The quantitative estimate of drug-likeness (QED) is 0.768. The number of hydrogen-bond donors (Lipinski definition) is 0. The summed E-state index contributed by atoms with van der Waals surface area (Å²) >= 11 is 0. The number of nitrogens with zero attached hydrogens (tertiary/aromatic N) is 2. The van der Waals surface area contributed by atoms with Gasteiger partial charge in [0.2, 0.25) is 5.91 Å². The molecule has 25 heavy (non-hydrogen) atoms. The molecular weight excluding hydrogens is 312 g/mol. The molecule has 0 aromatic carbocycles. The molecule has 0 spiro atoms. The Morgan fingerprint density at radius 2 is 1.76 bits per heavy atom. The number of hydrogen-bond acceptors (Lipinski definition) is 2. The Balaban J connectivity index is 1.72. The molecule has 0 radical (unpaired) electrons. The van der Waals surface area contributed by atoms with E-state index in [2.05, 4.69) is 24.5 Å². The van der Waals surface area contributed by atoms with Crippen molar-refractivity contribution in [2.75, 3.05) is 13.1 Å². The smallest absolute Gasteiger partial charge is 0.246 e. The Hall–Kier alpha value is -1.55. The van der Waals surface area contributed by atoms with Crippen LogP contribution in [0.4, 0.5) is 0 Å². The van der Waals surface area contributed by atoms with Gasteiger partial charge in [-0.3, -0.25) is 4.79 Å². The molecule has 2 aliphatic rings. The van der Waals surface area contributed by atoms with Crippen LogP contribution in [0.25, 0.3) is 6.08 Å². The van der Waals surface area contributed by atoms with E-state index in [1.807, 2.05) is 24.8 Å². The first-order valence-electron chi connectivity index (χ1n) is 9.76. The maximum absolute atomic E-state index is 12.5. The van der Waals surface area contributed by atoms with Crippen molar-refractivity contribution in [2.45, 2.75) is 78.0 Å². The summed E-state index contributed by atoms with van der Waals surface area (Å²) in [7, 11) is 0. The lowest BCUT2D eigenvalue weighted by atomic mass is 9.95. The van der Waals surface area contributed by atoms with Gasteiger partial charge in [-0.15, -0.1) is 0 Å². The zero-order chi connectivity index (χ0) is 18.0. The molecular formula is C21H32N2O2. The lowest BCUT2D eigenvalue weighted by Crippen LogP contribution is -2.47. The van der Waals surface area contributed by atoms with E-state index in [9.17, 15) is 4.79 Å². The fraction of sp³-hybridized carbons (Fsp3) is 0.667. The third-order valence-electron chi connectivity index (χ3n) is 5.60. The van der Waals surface area contributed by atoms with Gasteiger partial charge in [-0.2, -0.15) is 0 Å². The molecule has 0 N–H and O–H groups in total. The highest BCUT2D eigenvalue weighted by Gasteiger charge is 2.25. The van der Waals surface area contributed by atoms with E-state index in [1.54, 1.807) is 6.08 Å². The van der Waals surface area contributed by atoms with Gasteiger partial charge in [-0.25, -0.2) is 0 Å². The molecule has 1 saturated carbocycles. The average Bonchev–Trinajstić information content (AvgIpc) is 2.86. The van der Waals surface area contributed by atoms with Crippen LogP contribution in [0.5, 0.6) is 0 Å². The normalized spacial score (nSPS) is 25.7. The fourth-order valence-electron chi connectivity index (χ4n) is 4.50. The van der Waals surface area contributed by atoms with Gasteiger partial charge in [-0.05, 0) is 58.2 Å². The molecule has 2 heterocycles. The van der Waals surface area contributed by atoms with Crippen LogP contribution in [-0.4, -0.2) is 40.7 Å². The van der Waals surface area contributed by atoms with Gasteiger partial charge in [0.25, 0.3) is 0 Å². The van der Waals surface area contributed by atoms with Crippen LogP contribution in [0.2, 0.25) is 0 Å². The number of aromatic nitrogens is 1. The van der Waals surface area contributed by atoms with Crippen LogP contribution in [-0.2, 0) is 9.53 Å². The van der Waals surface area contributed by atoms with Crippen molar-refractivity contribution in [2.24, 2.45) is 0 Å². The fourth-order valence-corrected chi connectivity index (χ4v) is 4.50. The number of morpholine rings is 1. The van der Waals surface area contributed by atoms with Gasteiger partial charge in [0.05, 0.1) is 12.2 Å². The third-order valence-corrected chi connectivity index (χ3v) is 5.60. The van der Waals surface area contributed by atoms with Gasteiger partial charge < -0.3 is 14.2 Å². The largest absolute Gasteiger partial charge is 0.372 e. The van der Waals surface area contributed by atoms with E-state index in [-0.39, 0.29) is 18.1 Å². The van der Waals surface area contributed by atoms with Gasteiger partial charge in [0.15, 0.2) is 0 Å². The second kappa shape index (κ2) is 7.77. The molecule has 0 bridgehead atoms. The first kappa shape index (κ1) is 18.2. The summed E-state index contributed by atoms with van der Waals surface area (Å²) in [6, 6.07) is 2.85. The third kappa shape index (κ3) is 4.17. The van der Waals surface area contributed by atoms with E-state index in [0.717, 1.165) is 0 Å². The Kier molecular flexibility index (Phi) is 5.67. The molecule has 4 heteroatoms. The second-order valence-electron chi connectivity index (χ2n) is 7.82. The standard InChI is InChI=1S/C21H32N2O2/c1-15-12-19(18(4)23(15)20-8-6-5-7-9-20)10-11-21(24)22-13-16(2)25-17(3)14-22/h10-12,16-17,20H,5-9,13-14H2,1-4H3/b11-10-/t16-,17+. The number of amides is 1. The number of ether oxygens (including phenoxy) is 1. The number of rotatable bonds is 3. The van der Waals surface area contributed by atoms with Crippen molar-refractivity contribution in [3.8, 4) is 0 Å². The summed E-state index contributed by atoms with van der Waals surface area (Å²) in [5.41, 5.74) is 3.77. The molecule has 138 valence electrons. The van der Waals surface area contributed by atoms with Crippen LogP contribution in [0.3, 0.4) is 0 Å². The first-order chi connectivity index (χ1) is 12.0. The molecule has 2 atom stereocenters. The van der Waals surface area contributed by atoms with Crippen molar-refractivity contribution in [3.63, 3.8) is 0 Å². The van der Waals surface area contributed by atoms with Gasteiger partial charge in [0, 0.05) is 36.6 Å². The molecule has 4 nitrogen and oxygen atoms in total. The van der Waals surface area contributed by atoms with Gasteiger partial charge in [0.1, 0.15) is 0 Å². The van der Waals surface area contributed by atoms with Crippen molar-refractivity contribution < 1.29 is 9.53 Å². The molecule has 1 aromatic rings. The lowest BCUT2D eigenvalue weighted by Gasteiger charge is -2.34. The van der Waals surface area contributed by atoms with Gasteiger partial charge in [-0.1, -0.05) is 19.3 Å². The molecule has 1 aliphatic carbocycles. The van der Waals surface area contributed by atoms with E-state index in [1.165, 1.54) is 49.1 Å². The van der Waals surface area contributed by atoms with Crippen molar-refractivity contribution in [1.82, 2.24) is 9.47 Å². The maximum Gasteiger partial charge on any atom is 0.246 e. The Bertz CT molecular complexity index is 631. The number of carbonyl (C=O) groups excluding carboxylic acids is 1. The van der Waals surface area contributed by atoms with E-state index < -0.39 is 0 Å². The van der Waals surface area contributed by atoms with Crippen LogP contribution in [0.1, 0.15) is 68.9 Å². The Morgan fingerprint density at radius 1 is 1.12 bits per heavy atom. The minimum atomic E-state index is 0.0875. The summed E-state index contributed by atoms with van der Waals surface area (Å²) in [6.45, 7) is 9.77. The molecule has 2 fully saturated rings. The molecule has 3 rings (SSSR count). The minimum absolute atomic E-state index is 0.0875.